The van der Waals surface area contributed by atoms with Gasteiger partial charge in [-0.05, 0) is 72.4 Å². The molecular formula is C27H33F3O. The lowest BCUT2D eigenvalue weighted by atomic mass is 9.77. The van der Waals surface area contributed by atoms with Gasteiger partial charge in [0.05, 0.1) is 0 Å². The van der Waals surface area contributed by atoms with E-state index in [1.165, 1.54) is 56.9 Å². The number of hydrogen-bond donors (Lipinski definition) is 0. The topological polar surface area (TPSA) is 9.23 Å². The van der Waals surface area contributed by atoms with Crippen LogP contribution in [0.15, 0.2) is 60.7 Å². The van der Waals surface area contributed by atoms with Gasteiger partial charge in [0.1, 0.15) is 12.4 Å². The first-order valence-electron chi connectivity index (χ1n) is 11.5. The maximum atomic E-state index is 12.1. The third-order valence-corrected chi connectivity index (χ3v) is 6.29. The molecule has 168 valence electrons. The summed E-state index contributed by atoms with van der Waals surface area (Å²) in [5.74, 6) is 2.16. The van der Waals surface area contributed by atoms with E-state index in [4.69, 9.17) is 4.74 Å². The number of allylic oxidation sites excluding steroid dienone is 1. The van der Waals surface area contributed by atoms with Crippen LogP contribution in [0.4, 0.5) is 13.2 Å². The predicted molar refractivity (Wildman–Crippen MR) is 121 cm³/mol. The van der Waals surface area contributed by atoms with Gasteiger partial charge in [0, 0.05) is 6.08 Å². The fourth-order valence-electron chi connectivity index (χ4n) is 4.48. The Morgan fingerprint density at radius 2 is 1.48 bits per heavy atom. The van der Waals surface area contributed by atoms with Crippen LogP contribution in [0, 0.1) is 5.92 Å². The number of unbranched alkanes of at least 4 members (excludes halogenated alkanes) is 2. The summed E-state index contributed by atoms with van der Waals surface area (Å²) in [6.07, 6.45) is 7.63. The smallest absolute Gasteiger partial charge is 0.409 e. The summed E-state index contributed by atoms with van der Waals surface area (Å²) in [5, 5.41) is 0. The first-order valence-corrected chi connectivity index (χ1v) is 11.5. The third-order valence-electron chi connectivity index (χ3n) is 6.29. The van der Waals surface area contributed by atoms with E-state index in [0.717, 1.165) is 23.1 Å². The van der Waals surface area contributed by atoms with Crippen LogP contribution in [0.3, 0.4) is 0 Å². The fraction of sp³-hybridized carbons (Fsp3) is 0.481. The van der Waals surface area contributed by atoms with Crippen molar-refractivity contribution >= 4 is 0 Å². The minimum Gasteiger partial charge on any atom is -0.490 e. The molecule has 1 saturated carbocycles. The second-order valence-electron chi connectivity index (χ2n) is 8.61. The van der Waals surface area contributed by atoms with Crippen molar-refractivity contribution in [1.82, 2.24) is 0 Å². The van der Waals surface area contributed by atoms with E-state index in [2.05, 4.69) is 31.2 Å². The average Bonchev–Trinajstić information content (AvgIpc) is 2.77. The summed E-state index contributed by atoms with van der Waals surface area (Å²) in [6.45, 7) is 2.16. The van der Waals surface area contributed by atoms with Crippen LogP contribution in [0.2, 0.25) is 0 Å². The van der Waals surface area contributed by atoms with E-state index in [1.54, 1.807) is 12.1 Å². The zero-order valence-corrected chi connectivity index (χ0v) is 18.3. The minimum absolute atomic E-state index is 0.103. The van der Waals surface area contributed by atoms with Gasteiger partial charge in [-0.3, -0.25) is 0 Å². The molecule has 0 radical (unpaired) electrons. The van der Waals surface area contributed by atoms with Crippen LogP contribution < -0.4 is 4.74 Å². The maximum Gasteiger partial charge on any atom is 0.409 e. The highest BCUT2D eigenvalue weighted by molar-refractivity contribution is 5.64. The van der Waals surface area contributed by atoms with Gasteiger partial charge < -0.3 is 4.74 Å². The summed E-state index contributed by atoms with van der Waals surface area (Å²) >= 11 is 0. The highest BCUT2D eigenvalue weighted by atomic mass is 19.4. The Labute approximate surface area is 184 Å². The standard InChI is InChI=1S/C27H33F3O/c1-2-3-4-6-21-7-9-22(10-8-21)23-11-13-24(14-12-23)25-15-17-26(18-16-25)31-20-5-19-27(28,29)30/h5,11-19,21-22H,2-4,6-10,20H2,1H3. The molecule has 0 heterocycles. The number of halogens is 3. The lowest BCUT2D eigenvalue weighted by molar-refractivity contribution is -0.0801. The molecule has 0 bridgehead atoms. The van der Waals surface area contributed by atoms with Crippen LogP contribution in [-0.2, 0) is 0 Å². The number of benzene rings is 2. The monoisotopic (exact) mass is 430 g/mol. The minimum atomic E-state index is -4.30. The average molecular weight is 431 g/mol. The lowest BCUT2D eigenvalue weighted by Crippen LogP contribution is -2.13. The molecular weight excluding hydrogens is 397 g/mol. The first-order chi connectivity index (χ1) is 14.9. The molecule has 0 N–H and O–H groups in total. The van der Waals surface area contributed by atoms with Crippen molar-refractivity contribution in [2.45, 2.75) is 70.4 Å². The number of rotatable bonds is 9. The molecule has 1 aliphatic rings. The SMILES string of the molecule is CCCCCC1CCC(c2ccc(-c3ccc(OCC=CC(F)(F)F)cc3)cc2)CC1. The van der Waals surface area contributed by atoms with Crippen molar-refractivity contribution in [3.8, 4) is 16.9 Å². The Bertz CT molecular complexity index is 798. The highest BCUT2D eigenvalue weighted by Gasteiger charge is 2.22. The molecule has 1 aliphatic carbocycles. The molecule has 2 aromatic rings. The molecule has 0 amide bonds. The molecule has 3 rings (SSSR count). The van der Waals surface area contributed by atoms with Crippen LogP contribution in [0.1, 0.15) is 69.8 Å². The van der Waals surface area contributed by atoms with Crippen molar-refractivity contribution in [3.05, 3.63) is 66.2 Å². The molecule has 0 atom stereocenters. The Morgan fingerprint density at radius 3 is 2.06 bits per heavy atom. The molecule has 0 saturated heterocycles. The highest BCUT2D eigenvalue weighted by Crippen LogP contribution is 2.38. The molecule has 4 heteroatoms. The van der Waals surface area contributed by atoms with E-state index in [-0.39, 0.29) is 12.7 Å². The summed E-state index contributed by atoms with van der Waals surface area (Å²) in [7, 11) is 0. The van der Waals surface area contributed by atoms with Crippen LogP contribution in [-0.4, -0.2) is 12.8 Å². The zero-order valence-electron chi connectivity index (χ0n) is 18.3. The van der Waals surface area contributed by atoms with Crippen molar-refractivity contribution in [1.29, 1.82) is 0 Å². The van der Waals surface area contributed by atoms with Crippen LogP contribution in [0.25, 0.3) is 11.1 Å². The summed E-state index contributed by atoms with van der Waals surface area (Å²) in [6, 6.07) is 16.3. The first kappa shape index (κ1) is 23.4. The van der Waals surface area contributed by atoms with E-state index >= 15 is 0 Å². The largest absolute Gasteiger partial charge is 0.490 e. The zero-order chi connectivity index (χ0) is 22.1. The molecule has 0 aliphatic heterocycles. The second-order valence-corrected chi connectivity index (χ2v) is 8.61. The lowest BCUT2D eigenvalue weighted by Gasteiger charge is -2.29. The van der Waals surface area contributed by atoms with E-state index in [1.807, 2.05) is 12.1 Å². The van der Waals surface area contributed by atoms with Crippen LogP contribution >= 0.6 is 0 Å². The molecule has 0 aromatic heterocycles. The number of alkyl halides is 3. The molecule has 0 spiro atoms. The van der Waals surface area contributed by atoms with E-state index in [9.17, 15) is 13.2 Å². The molecule has 1 fully saturated rings. The van der Waals surface area contributed by atoms with Gasteiger partial charge in [-0.15, -0.1) is 0 Å². The van der Waals surface area contributed by atoms with Crippen molar-refractivity contribution in [2.24, 2.45) is 5.92 Å². The summed E-state index contributed by atoms with van der Waals surface area (Å²) in [5.41, 5.74) is 3.65. The summed E-state index contributed by atoms with van der Waals surface area (Å²) < 4.78 is 41.6. The van der Waals surface area contributed by atoms with Gasteiger partial charge >= 0.3 is 6.18 Å². The number of ether oxygens (including phenoxy) is 1. The molecule has 0 unspecified atom stereocenters. The molecule has 2 aromatic carbocycles. The molecule has 31 heavy (non-hydrogen) atoms. The van der Waals surface area contributed by atoms with Gasteiger partial charge in [-0.1, -0.05) is 69.0 Å². The van der Waals surface area contributed by atoms with E-state index < -0.39 is 6.18 Å². The Balaban J connectivity index is 1.49. The van der Waals surface area contributed by atoms with Crippen molar-refractivity contribution in [2.75, 3.05) is 6.61 Å². The van der Waals surface area contributed by atoms with Gasteiger partial charge in [0.25, 0.3) is 0 Å². The van der Waals surface area contributed by atoms with Crippen molar-refractivity contribution < 1.29 is 17.9 Å². The predicted octanol–water partition coefficient (Wildman–Crippen LogP) is 8.71. The van der Waals surface area contributed by atoms with Gasteiger partial charge in [0.15, 0.2) is 0 Å². The maximum absolute atomic E-state index is 12.1. The summed E-state index contributed by atoms with van der Waals surface area (Å²) in [4.78, 5) is 0. The quantitative estimate of drug-likeness (QED) is 0.285. The normalized spacial score (nSPS) is 19.6. The van der Waals surface area contributed by atoms with E-state index in [0.29, 0.717) is 11.7 Å². The third kappa shape index (κ3) is 7.75. The second kappa shape index (κ2) is 11.4. The molecule has 1 nitrogen and oxygen atoms in total. The van der Waals surface area contributed by atoms with Crippen LogP contribution in [0.5, 0.6) is 5.75 Å². The van der Waals surface area contributed by atoms with Gasteiger partial charge in [-0.2, -0.15) is 13.2 Å². The van der Waals surface area contributed by atoms with Crippen molar-refractivity contribution in [3.63, 3.8) is 0 Å². The van der Waals surface area contributed by atoms with Gasteiger partial charge in [0.2, 0.25) is 0 Å². The Morgan fingerprint density at radius 1 is 0.871 bits per heavy atom. The Hall–Kier alpha value is -2.23. The fourth-order valence-corrected chi connectivity index (χ4v) is 4.48. The Kier molecular flexibility index (Phi) is 8.62. The van der Waals surface area contributed by atoms with Gasteiger partial charge in [-0.25, -0.2) is 0 Å². The number of hydrogen-bond acceptors (Lipinski definition) is 1.